The van der Waals surface area contributed by atoms with Crippen LogP contribution in [0.3, 0.4) is 0 Å². The smallest absolute Gasteiger partial charge is 0.122 e. The number of likely N-dealkylation sites (N-methyl/N-ethyl adjacent to an activating group) is 1. The van der Waals surface area contributed by atoms with E-state index in [-0.39, 0.29) is 5.54 Å². The number of nitrogens with zero attached hydrogens (tertiary/aromatic N) is 4. The van der Waals surface area contributed by atoms with Gasteiger partial charge < -0.3 is 9.88 Å². The van der Waals surface area contributed by atoms with Gasteiger partial charge in [0, 0.05) is 57.7 Å². The molecule has 1 aromatic rings. The Morgan fingerprint density at radius 3 is 2.63 bits per heavy atom. The van der Waals surface area contributed by atoms with Crippen molar-refractivity contribution >= 4 is 0 Å². The van der Waals surface area contributed by atoms with Crippen LogP contribution in [0.2, 0.25) is 0 Å². The summed E-state index contributed by atoms with van der Waals surface area (Å²) in [4.78, 5) is 9.34. The monoisotopic (exact) mass is 265 g/mol. The molecule has 2 heterocycles. The van der Waals surface area contributed by atoms with Gasteiger partial charge in [0.2, 0.25) is 0 Å². The highest BCUT2D eigenvalue weighted by Gasteiger charge is 2.29. The summed E-state index contributed by atoms with van der Waals surface area (Å²) in [5.41, 5.74) is 0.210. The van der Waals surface area contributed by atoms with Crippen LogP contribution in [-0.4, -0.2) is 64.7 Å². The van der Waals surface area contributed by atoms with E-state index in [0.717, 1.165) is 45.1 Å². The van der Waals surface area contributed by atoms with E-state index in [1.165, 1.54) is 0 Å². The van der Waals surface area contributed by atoms with Crippen LogP contribution < -0.4 is 5.32 Å². The van der Waals surface area contributed by atoms with Crippen molar-refractivity contribution in [3.8, 4) is 0 Å². The lowest BCUT2D eigenvalue weighted by atomic mass is 10.0. The average molecular weight is 265 g/mol. The van der Waals surface area contributed by atoms with E-state index in [2.05, 4.69) is 52.6 Å². The Bertz CT molecular complexity index is 392. The number of hydrogen-bond acceptors (Lipinski definition) is 4. The molecule has 0 radical (unpaired) electrons. The molecule has 1 aliphatic rings. The summed E-state index contributed by atoms with van der Waals surface area (Å²) < 4.78 is 2.09. The van der Waals surface area contributed by atoms with E-state index >= 15 is 0 Å². The molecule has 5 heteroatoms. The van der Waals surface area contributed by atoms with Crippen LogP contribution in [0.15, 0.2) is 12.4 Å². The molecule has 1 aliphatic heterocycles. The summed E-state index contributed by atoms with van der Waals surface area (Å²) in [6.45, 7) is 11.1. The first-order valence-corrected chi connectivity index (χ1v) is 7.09. The quantitative estimate of drug-likeness (QED) is 0.843. The second-order valence-corrected chi connectivity index (χ2v) is 6.18. The SMILES string of the molecule is CN(Cc1nccn1C)CC(C)(C)N1CCNCC1. The minimum absolute atomic E-state index is 0.210. The van der Waals surface area contributed by atoms with Gasteiger partial charge in [-0.2, -0.15) is 0 Å². The third-order valence-corrected chi connectivity index (χ3v) is 3.96. The Labute approximate surface area is 116 Å². The number of hydrogen-bond donors (Lipinski definition) is 1. The second kappa shape index (κ2) is 6.03. The summed E-state index contributed by atoms with van der Waals surface area (Å²) >= 11 is 0. The molecule has 1 aromatic heterocycles. The van der Waals surface area contributed by atoms with Crippen LogP contribution in [0, 0.1) is 0 Å². The number of rotatable bonds is 5. The van der Waals surface area contributed by atoms with E-state index < -0.39 is 0 Å². The predicted octanol–water partition coefficient (Wildman–Crippen LogP) is 0.536. The zero-order valence-electron chi connectivity index (χ0n) is 12.7. The Morgan fingerprint density at radius 1 is 1.37 bits per heavy atom. The lowest BCUT2D eigenvalue weighted by Crippen LogP contribution is -2.57. The molecule has 0 aliphatic carbocycles. The molecule has 0 aromatic carbocycles. The number of aryl methyl sites for hydroxylation is 1. The first-order chi connectivity index (χ1) is 8.99. The van der Waals surface area contributed by atoms with E-state index in [1.54, 1.807) is 0 Å². The molecule has 0 amide bonds. The highest BCUT2D eigenvalue weighted by Crippen LogP contribution is 2.17. The fraction of sp³-hybridized carbons (Fsp3) is 0.786. The van der Waals surface area contributed by atoms with Crippen molar-refractivity contribution in [3.05, 3.63) is 18.2 Å². The van der Waals surface area contributed by atoms with Crippen LogP contribution in [0.25, 0.3) is 0 Å². The summed E-state index contributed by atoms with van der Waals surface area (Å²) in [6.07, 6.45) is 3.87. The highest BCUT2D eigenvalue weighted by atomic mass is 15.3. The first-order valence-electron chi connectivity index (χ1n) is 7.09. The van der Waals surface area contributed by atoms with Crippen LogP contribution in [0.4, 0.5) is 0 Å². The molecular formula is C14H27N5. The van der Waals surface area contributed by atoms with Gasteiger partial charge in [0.1, 0.15) is 5.82 Å². The molecule has 2 rings (SSSR count). The molecule has 0 atom stereocenters. The van der Waals surface area contributed by atoms with Gasteiger partial charge in [-0.3, -0.25) is 9.80 Å². The van der Waals surface area contributed by atoms with Crippen molar-refractivity contribution < 1.29 is 0 Å². The van der Waals surface area contributed by atoms with E-state index in [1.807, 2.05) is 12.4 Å². The van der Waals surface area contributed by atoms with E-state index in [4.69, 9.17) is 0 Å². The molecule has 0 saturated carbocycles. The number of nitrogens with one attached hydrogen (secondary N) is 1. The zero-order valence-corrected chi connectivity index (χ0v) is 12.7. The van der Waals surface area contributed by atoms with Crippen LogP contribution in [-0.2, 0) is 13.6 Å². The maximum absolute atomic E-state index is 4.40. The molecule has 5 nitrogen and oxygen atoms in total. The maximum Gasteiger partial charge on any atom is 0.122 e. The molecule has 108 valence electrons. The summed E-state index contributed by atoms with van der Waals surface area (Å²) in [5.74, 6) is 1.12. The second-order valence-electron chi connectivity index (χ2n) is 6.18. The number of piperazine rings is 1. The van der Waals surface area contributed by atoms with Gasteiger partial charge in [0.05, 0.1) is 6.54 Å². The molecule has 1 fully saturated rings. The molecule has 0 spiro atoms. The Balaban J connectivity index is 1.89. The van der Waals surface area contributed by atoms with Gasteiger partial charge >= 0.3 is 0 Å². The van der Waals surface area contributed by atoms with Gasteiger partial charge in [0.15, 0.2) is 0 Å². The van der Waals surface area contributed by atoms with Gasteiger partial charge in [-0.1, -0.05) is 0 Å². The van der Waals surface area contributed by atoms with Crippen molar-refractivity contribution in [1.82, 2.24) is 24.7 Å². The average Bonchev–Trinajstić information content (AvgIpc) is 2.75. The number of imidazole rings is 1. The van der Waals surface area contributed by atoms with Crippen molar-refractivity contribution in [2.45, 2.75) is 25.9 Å². The third kappa shape index (κ3) is 3.78. The predicted molar refractivity (Wildman–Crippen MR) is 78.1 cm³/mol. The summed E-state index contributed by atoms with van der Waals surface area (Å²) in [5, 5.41) is 3.42. The standard InChI is InChI=1S/C14H27N5/c1-14(2,19-9-5-15-6-10-19)12-17(3)11-13-16-7-8-18(13)4/h7-8,15H,5-6,9-12H2,1-4H3. The normalized spacial score (nSPS) is 18.2. The minimum Gasteiger partial charge on any atom is -0.337 e. The van der Waals surface area contributed by atoms with Crippen molar-refractivity contribution in [2.75, 3.05) is 39.8 Å². The third-order valence-electron chi connectivity index (χ3n) is 3.96. The fourth-order valence-corrected chi connectivity index (χ4v) is 2.88. The van der Waals surface area contributed by atoms with Crippen LogP contribution in [0.5, 0.6) is 0 Å². The molecule has 19 heavy (non-hydrogen) atoms. The summed E-state index contributed by atoms with van der Waals surface area (Å²) in [6, 6.07) is 0. The molecule has 0 unspecified atom stereocenters. The largest absolute Gasteiger partial charge is 0.337 e. The van der Waals surface area contributed by atoms with Crippen LogP contribution >= 0.6 is 0 Å². The molecule has 1 saturated heterocycles. The maximum atomic E-state index is 4.40. The highest BCUT2D eigenvalue weighted by molar-refractivity contribution is 4.93. The lowest BCUT2D eigenvalue weighted by Gasteiger charge is -2.43. The Hall–Kier alpha value is -0.910. The van der Waals surface area contributed by atoms with Crippen molar-refractivity contribution in [1.29, 1.82) is 0 Å². The van der Waals surface area contributed by atoms with E-state index in [0.29, 0.717) is 0 Å². The lowest BCUT2D eigenvalue weighted by molar-refractivity contribution is 0.0684. The van der Waals surface area contributed by atoms with Gasteiger partial charge in [-0.25, -0.2) is 4.98 Å². The topological polar surface area (TPSA) is 36.3 Å². The van der Waals surface area contributed by atoms with Crippen molar-refractivity contribution in [2.24, 2.45) is 7.05 Å². The van der Waals surface area contributed by atoms with Crippen molar-refractivity contribution in [3.63, 3.8) is 0 Å². The van der Waals surface area contributed by atoms with Gasteiger partial charge in [-0.15, -0.1) is 0 Å². The zero-order chi connectivity index (χ0) is 13.9. The Morgan fingerprint density at radius 2 is 2.05 bits per heavy atom. The van der Waals surface area contributed by atoms with Gasteiger partial charge in [-0.05, 0) is 20.9 Å². The molecule has 1 N–H and O–H groups in total. The van der Waals surface area contributed by atoms with Crippen LogP contribution in [0.1, 0.15) is 19.7 Å². The molecular weight excluding hydrogens is 238 g/mol. The first kappa shape index (κ1) is 14.5. The van der Waals surface area contributed by atoms with Gasteiger partial charge in [0.25, 0.3) is 0 Å². The summed E-state index contributed by atoms with van der Waals surface area (Å²) in [7, 11) is 4.23. The van der Waals surface area contributed by atoms with E-state index in [9.17, 15) is 0 Å². The number of aromatic nitrogens is 2. The minimum atomic E-state index is 0.210. The Kier molecular flexibility index (Phi) is 4.60. The fourth-order valence-electron chi connectivity index (χ4n) is 2.88. The molecule has 0 bridgehead atoms.